The molecular weight excluding hydrogens is 260 g/mol. The summed E-state index contributed by atoms with van der Waals surface area (Å²) in [5.74, 6) is 0.413. The smallest absolute Gasteiger partial charge is 0.270 e. The number of benzene rings is 1. The lowest BCUT2D eigenvalue weighted by Crippen LogP contribution is -2.03. The van der Waals surface area contributed by atoms with Crippen LogP contribution < -0.4 is 4.74 Å². The molecule has 1 N–H and O–H groups in total. The lowest BCUT2D eigenvalue weighted by Gasteiger charge is -2.13. The lowest BCUT2D eigenvalue weighted by molar-refractivity contribution is -0.385. The fourth-order valence-electron chi connectivity index (χ4n) is 1.74. The summed E-state index contributed by atoms with van der Waals surface area (Å²) in [5, 5.41) is 20.4. The van der Waals surface area contributed by atoms with E-state index in [2.05, 4.69) is 4.98 Å². The molecule has 104 valence electrons. The van der Waals surface area contributed by atoms with Crippen LogP contribution in [-0.4, -0.2) is 15.0 Å². The van der Waals surface area contributed by atoms with Crippen molar-refractivity contribution in [2.75, 3.05) is 0 Å². The van der Waals surface area contributed by atoms with Gasteiger partial charge in [-0.2, -0.15) is 0 Å². The van der Waals surface area contributed by atoms with E-state index in [9.17, 15) is 15.2 Å². The van der Waals surface area contributed by atoms with Crippen LogP contribution in [0.3, 0.4) is 0 Å². The molecule has 0 saturated carbocycles. The topological polar surface area (TPSA) is 85.5 Å². The molecule has 0 spiro atoms. The number of rotatable bonds is 5. The summed E-state index contributed by atoms with van der Waals surface area (Å²) >= 11 is 0. The Morgan fingerprint density at radius 3 is 2.80 bits per heavy atom. The van der Waals surface area contributed by atoms with Crippen LogP contribution >= 0.6 is 0 Å². The van der Waals surface area contributed by atoms with E-state index in [-0.39, 0.29) is 12.3 Å². The van der Waals surface area contributed by atoms with Gasteiger partial charge in [-0.15, -0.1) is 0 Å². The molecule has 0 aliphatic heterocycles. The lowest BCUT2D eigenvalue weighted by atomic mass is 10.1. The average Bonchev–Trinajstić information content (AvgIpc) is 2.45. The standard InChI is InChI=1S/C14H14N2O4/c1-10(17)13-8-12(16(18)19)5-6-14(13)20-9-11-4-2-3-7-15-11/h2-8,10,17H,9H2,1H3/t10-/m0/s1. The third kappa shape index (κ3) is 3.30. The Labute approximate surface area is 115 Å². The van der Waals surface area contributed by atoms with Crippen LogP contribution in [0.15, 0.2) is 42.6 Å². The Bertz CT molecular complexity index is 599. The molecule has 2 rings (SSSR count). The first-order valence-electron chi connectivity index (χ1n) is 6.07. The van der Waals surface area contributed by atoms with Crippen molar-refractivity contribution in [3.63, 3.8) is 0 Å². The van der Waals surface area contributed by atoms with Gasteiger partial charge in [0.2, 0.25) is 0 Å². The van der Waals surface area contributed by atoms with E-state index in [4.69, 9.17) is 4.74 Å². The first-order valence-corrected chi connectivity index (χ1v) is 6.07. The molecule has 0 unspecified atom stereocenters. The molecule has 0 aliphatic rings. The van der Waals surface area contributed by atoms with Crippen LogP contribution in [0, 0.1) is 10.1 Å². The van der Waals surface area contributed by atoms with Crippen molar-refractivity contribution in [2.45, 2.75) is 19.6 Å². The Morgan fingerprint density at radius 2 is 2.20 bits per heavy atom. The van der Waals surface area contributed by atoms with Crippen molar-refractivity contribution < 1.29 is 14.8 Å². The molecule has 6 heteroatoms. The van der Waals surface area contributed by atoms with E-state index in [1.807, 2.05) is 12.1 Å². The summed E-state index contributed by atoms with van der Waals surface area (Å²) < 4.78 is 5.57. The number of aliphatic hydroxyl groups is 1. The number of hydrogen-bond acceptors (Lipinski definition) is 5. The molecule has 0 fully saturated rings. The van der Waals surface area contributed by atoms with Gasteiger partial charge < -0.3 is 9.84 Å². The SMILES string of the molecule is C[C@H](O)c1cc([N+](=O)[O-])ccc1OCc1ccccn1. The summed E-state index contributed by atoms with van der Waals surface area (Å²) in [6, 6.07) is 9.61. The zero-order valence-corrected chi connectivity index (χ0v) is 10.9. The molecule has 20 heavy (non-hydrogen) atoms. The maximum absolute atomic E-state index is 10.7. The zero-order valence-electron chi connectivity index (χ0n) is 10.9. The van der Waals surface area contributed by atoms with E-state index >= 15 is 0 Å². The summed E-state index contributed by atoms with van der Waals surface area (Å²) in [6.07, 6.45) is 0.804. The van der Waals surface area contributed by atoms with Crippen LogP contribution in [0.4, 0.5) is 5.69 Å². The Kier molecular flexibility index (Phi) is 4.27. The molecule has 0 saturated heterocycles. The van der Waals surface area contributed by atoms with Crippen LogP contribution in [-0.2, 0) is 6.61 Å². The van der Waals surface area contributed by atoms with Gasteiger partial charge in [-0.25, -0.2) is 0 Å². The largest absolute Gasteiger partial charge is 0.487 e. The zero-order chi connectivity index (χ0) is 14.5. The average molecular weight is 274 g/mol. The van der Waals surface area contributed by atoms with Crippen molar-refractivity contribution >= 4 is 5.69 Å². The predicted molar refractivity (Wildman–Crippen MR) is 72.3 cm³/mol. The number of aromatic nitrogens is 1. The van der Waals surface area contributed by atoms with Gasteiger partial charge in [0.05, 0.1) is 16.7 Å². The molecule has 0 amide bonds. The number of aliphatic hydroxyl groups excluding tert-OH is 1. The fourth-order valence-corrected chi connectivity index (χ4v) is 1.74. The molecule has 0 aliphatic carbocycles. The van der Waals surface area contributed by atoms with E-state index < -0.39 is 11.0 Å². The second kappa shape index (κ2) is 6.12. The predicted octanol–water partition coefficient (Wildman–Crippen LogP) is 2.62. The quantitative estimate of drug-likeness (QED) is 0.669. The van der Waals surface area contributed by atoms with Gasteiger partial charge in [-0.05, 0) is 25.1 Å². The normalized spacial score (nSPS) is 11.9. The van der Waals surface area contributed by atoms with Gasteiger partial charge in [-0.3, -0.25) is 15.1 Å². The van der Waals surface area contributed by atoms with Crippen molar-refractivity contribution in [2.24, 2.45) is 0 Å². The van der Waals surface area contributed by atoms with Crippen LogP contribution in [0.1, 0.15) is 24.3 Å². The van der Waals surface area contributed by atoms with Gasteiger partial charge >= 0.3 is 0 Å². The van der Waals surface area contributed by atoms with E-state index in [1.165, 1.54) is 25.1 Å². The number of hydrogen-bond donors (Lipinski definition) is 1. The highest BCUT2D eigenvalue weighted by Crippen LogP contribution is 2.29. The summed E-state index contributed by atoms with van der Waals surface area (Å²) in [6.45, 7) is 1.77. The number of ether oxygens (including phenoxy) is 1. The molecular formula is C14H14N2O4. The van der Waals surface area contributed by atoms with Crippen LogP contribution in [0.2, 0.25) is 0 Å². The molecule has 1 heterocycles. The van der Waals surface area contributed by atoms with Crippen LogP contribution in [0.5, 0.6) is 5.75 Å². The van der Waals surface area contributed by atoms with Crippen LogP contribution in [0.25, 0.3) is 0 Å². The Balaban J connectivity index is 2.20. The van der Waals surface area contributed by atoms with Gasteiger partial charge in [0.25, 0.3) is 5.69 Å². The van der Waals surface area contributed by atoms with Gasteiger partial charge in [0.1, 0.15) is 12.4 Å². The number of non-ortho nitro benzene ring substituents is 1. The van der Waals surface area contributed by atoms with E-state index in [1.54, 1.807) is 12.3 Å². The molecule has 6 nitrogen and oxygen atoms in total. The maximum atomic E-state index is 10.7. The second-order valence-corrected chi connectivity index (χ2v) is 4.26. The molecule has 1 aromatic heterocycles. The summed E-state index contributed by atoms with van der Waals surface area (Å²) in [5.41, 5.74) is 1.05. The Hall–Kier alpha value is -2.47. The molecule has 2 aromatic rings. The number of nitrogens with zero attached hydrogens (tertiary/aromatic N) is 2. The highest BCUT2D eigenvalue weighted by Gasteiger charge is 2.15. The first kappa shape index (κ1) is 14.0. The first-order chi connectivity index (χ1) is 9.58. The van der Waals surface area contributed by atoms with E-state index in [0.717, 1.165) is 5.69 Å². The summed E-state index contributed by atoms with van der Waals surface area (Å²) in [7, 11) is 0. The molecule has 0 bridgehead atoms. The second-order valence-electron chi connectivity index (χ2n) is 4.26. The van der Waals surface area contributed by atoms with Crippen molar-refractivity contribution in [3.05, 3.63) is 64.0 Å². The summed E-state index contributed by atoms with van der Waals surface area (Å²) in [4.78, 5) is 14.4. The van der Waals surface area contributed by atoms with Gasteiger partial charge in [0.15, 0.2) is 0 Å². The Morgan fingerprint density at radius 1 is 1.40 bits per heavy atom. The maximum Gasteiger partial charge on any atom is 0.270 e. The third-order valence-electron chi connectivity index (χ3n) is 2.76. The van der Waals surface area contributed by atoms with Crippen molar-refractivity contribution in [1.82, 2.24) is 4.98 Å². The van der Waals surface area contributed by atoms with Gasteiger partial charge in [-0.1, -0.05) is 6.07 Å². The molecule has 1 atom stereocenters. The number of nitro groups is 1. The monoisotopic (exact) mass is 274 g/mol. The number of nitro benzene ring substituents is 1. The minimum atomic E-state index is -0.853. The number of pyridine rings is 1. The fraction of sp³-hybridized carbons (Fsp3) is 0.214. The molecule has 0 radical (unpaired) electrons. The highest BCUT2D eigenvalue weighted by atomic mass is 16.6. The van der Waals surface area contributed by atoms with Crippen molar-refractivity contribution in [3.8, 4) is 5.75 Å². The van der Waals surface area contributed by atoms with Crippen molar-refractivity contribution in [1.29, 1.82) is 0 Å². The van der Waals surface area contributed by atoms with Gasteiger partial charge in [0, 0.05) is 23.9 Å². The minimum Gasteiger partial charge on any atom is -0.487 e. The van der Waals surface area contributed by atoms with E-state index in [0.29, 0.717) is 11.3 Å². The highest BCUT2D eigenvalue weighted by molar-refractivity contribution is 5.44. The molecule has 1 aromatic carbocycles. The minimum absolute atomic E-state index is 0.0777. The third-order valence-corrected chi connectivity index (χ3v) is 2.76.